The minimum atomic E-state index is -3.05. The molecule has 70 valence electrons. The van der Waals surface area contributed by atoms with Crippen LogP contribution in [-0.4, -0.2) is 25.7 Å². The molecule has 0 atom stereocenters. The lowest BCUT2D eigenvalue weighted by Gasteiger charge is -1.89. The molecule has 0 aliphatic carbocycles. The summed E-state index contributed by atoms with van der Waals surface area (Å²) < 4.78 is 21.1. The molecule has 0 rings (SSSR count). The van der Waals surface area contributed by atoms with E-state index in [2.05, 4.69) is 0 Å². The van der Waals surface area contributed by atoms with Crippen molar-refractivity contribution in [3.8, 4) is 0 Å². The molecule has 0 saturated carbocycles. The predicted octanol–water partition coefficient (Wildman–Crippen LogP) is 0.800. The number of hydrogen-bond donors (Lipinski definition) is 1. The number of unbranched alkanes of at least 4 members (excludes halogenated alkanes) is 1. The summed E-state index contributed by atoms with van der Waals surface area (Å²) in [5.41, 5.74) is 0. The van der Waals surface area contributed by atoms with Gasteiger partial charge in [-0.05, 0) is 12.8 Å². The molecule has 0 aliphatic rings. The highest BCUT2D eigenvalue weighted by atomic mass is 32.2. The van der Waals surface area contributed by atoms with Crippen LogP contribution < -0.4 is 0 Å². The summed E-state index contributed by atoms with van der Waals surface area (Å²) in [7, 11) is -3.05. The average molecular weight is 192 g/mol. The Labute approximate surface area is 71.8 Å². The average Bonchev–Trinajstić information content (AvgIpc) is 1.83. The summed E-state index contributed by atoms with van der Waals surface area (Å²) in [6.07, 6.45) is 3.60. The van der Waals surface area contributed by atoms with Crippen molar-refractivity contribution in [3.05, 3.63) is 11.5 Å². The number of carbonyl (C=O) groups is 1. The number of allylic oxidation sites excluding steroid dienone is 1. The molecule has 0 aromatic carbocycles. The Morgan fingerprint density at radius 1 is 1.50 bits per heavy atom. The second kappa shape index (κ2) is 4.92. The van der Waals surface area contributed by atoms with E-state index in [0.717, 1.165) is 11.7 Å². The number of carboxylic acids is 1. The van der Waals surface area contributed by atoms with Crippen molar-refractivity contribution in [2.75, 3.05) is 6.26 Å². The maximum atomic E-state index is 10.5. The van der Waals surface area contributed by atoms with E-state index in [-0.39, 0.29) is 6.42 Å². The van der Waals surface area contributed by atoms with Crippen molar-refractivity contribution >= 4 is 15.8 Å². The van der Waals surface area contributed by atoms with Crippen molar-refractivity contribution in [2.45, 2.75) is 19.3 Å². The lowest BCUT2D eigenvalue weighted by Crippen LogP contribution is -1.93. The summed E-state index contributed by atoms with van der Waals surface area (Å²) in [5, 5.41) is 9.32. The summed E-state index contributed by atoms with van der Waals surface area (Å²) in [4.78, 5) is 10.0. The van der Waals surface area contributed by atoms with E-state index in [1.807, 2.05) is 0 Å². The van der Waals surface area contributed by atoms with Gasteiger partial charge < -0.3 is 5.11 Å². The number of hydrogen-bond acceptors (Lipinski definition) is 3. The van der Waals surface area contributed by atoms with E-state index >= 15 is 0 Å². The van der Waals surface area contributed by atoms with E-state index in [9.17, 15) is 13.2 Å². The Hall–Kier alpha value is -0.840. The van der Waals surface area contributed by atoms with E-state index in [1.54, 1.807) is 0 Å². The molecule has 4 nitrogen and oxygen atoms in total. The Morgan fingerprint density at radius 3 is 2.50 bits per heavy atom. The zero-order valence-electron chi connectivity index (χ0n) is 6.86. The molecule has 0 aliphatic heterocycles. The van der Waals surface area contributed by atoms with Crippen molar-refractivity contribution < 1.29 is 18.3 Å². The molecule has 1 N–H and O–H groups in total. The van der Waals surface area contributed by atoms with Crippen LogP contribution in [0.1, 0.15) is 19.3 Å². The molecule has 0 aromatic heterocycles. The highest BCUT2D eigenvalue weighted by molar-refractivity contribution is 7.93. The van der Waals surface area contributed by atoms with Crippen LogP contribution in [0.4, 0.5) is 0 Å². The summed E-state index contributed by atoms with van der Waals surface area (Å²) in [6.45, 7) is 0. The van der Waals surface area contributed by atoms with Gasteiger partial charge in [-0.3, -0.25) is 4.79 Å². The van der Waals surface area contributed by atoms with Gasteiger partial charge in [0.25, 0.3) is 0 Å². The second-order valence-corrected chi connectivity index (χ2v) is 4.42. The fourth-order valence-corrected chi connectivity index (χ4v) is 1.10. The lowest BCUT2D eigenvalue weighted by molar-refractivity contribution is -0.137. The molecule has 0 radical (unpaired) electrons. The van der Waals surface area contributed by atoms with Crippen LogP contribution in [0.3, 0.4) is 0 Å². The molecular formula is C7H12O4S. The smallest absolute Gasteiger partial charge is 0.303 e. The van der Waals surface area contributed by atoms with Crippen LogP contribution in [0.15, 0.2) is 11.5 Å². The van der Waals surface area contributed by atoms with Crippen LogP contribution in [-0.2, 0) is 14.6 Å². The first-order valence-electron chi connectivity index (χ1n) is 3.50. The number of sulfone groups is 1. The van der Waals surface area contributed by atoms with Crippen LogP contribution in [0, 0.1) is 0 Å². The van der Waals surface area contributed by atoms with Gasteiger partial charge in [0, 0.05) is 18.1 Å². The minimum absolute atomic E-state index is 0.0775. The first-order chi connectivity index (χ1) is 5.42. The Kier molecular flexibility index (Phi) is 4.58. The third kappa shape index (κ3) is 9.16. The van der Waals surface area contributed by atoms with Crippen LogP contribution >= 0.6 is 0 Å². The lowest BCUT2D eigenvalue weighted by atomic mass is 10.2. The Balaban J connectivity index is 3.58. The molecule has 0 unspecified atom stereocenters. The third-order valence-corrected chi connectivity index (χ3v) is 1.79. The Morgan fingerprint density at radius 2 is 2.08 bits per heavy atom. The molecule has 0 bridgehead atoms. The second-order valence-electron chi connectivity index (χ2n) is 2.49. The molecule has 0 aromatic rings. The number of rotatable bonds is 5. The topological polar surface area (TPSA) is 71.4 Å². The maximum Gasteiger partial charge on any atom is 0.303 e. The van der Waals surface area contributed by atoms with Gasteiger partial charge in [0.1, 0.15) is 0 Å². The summed E-state index contributed by atoms with van der Waals surface area (Å²) in [5.74, 6) is -0.859. The maximum absolute atomic E-state index is 10.5. The first kappa shape index (κ1) is 11.2. The van der Waals surface area contributed by atoms with Gasteiger partial charge in [-0.15, -0.1) is 0 Å². The normalized spacial score (nSPS) is 12.1. The van der Waals surface area contributed by atoms with E-state index in [1.165, 1.54) is 6.08 Å². The van der Waals surface area contributed by atoms with Gasteiger partial charge in [-0.25, -0.2) is 8.42 Å². The number of aliphatic carboxylic acids is 1. The minimum Gasteiger partial charge on any atom is -0.481 e. The third-order valence-electron chi connectivity index (χ3n) is 1.10. The standard InChI is InChI=1S/C7H12O4S/c1-12(10,11)6-4-2-3-5-7(8)9/h4,6H,2-3,5H2,1H3,(H,8,9). The van der Waals surface area contributed by atoms with Gasteiger partial charge in [-0.1, -0.05) is 6.08 Å². The molecule has 0 heterocycles. The molecular weight excluding hydrogens is 180 g/mol. The van der Waals surface area contributed by atoms with Crippen molar-refractivity contribution in [1.29, 1.82) is 0 Å². The molecule has 0 fully saturated rings. The molecule has 5 heteroatoms. The largest absolute Gasteiger partial charge is 0.481 e. The quantitative estimate of drug-likeness (QED) is 0.654. The first-order valence-corrected chi connectivity index (χ1v) is 5.45. The van der Waals surface area contributed by atoms with Crippen molar-refractivity contribution in [1.82, 2.24) is 0 Å². The van der Waals surface area contributed by atoms with E-state index in [4.69, 9.17) is 5.11 Å². The SMILES string of the molecule is CS(=O)(=O)C=CCCCC(=O)O. The number of carboxylic acid groups (broad SMARTS) is 1. The molecule has 0 spiro atoms. The fourth-order valence-electron chi connectivity index (χ4n) is 0.614. The van der Waals surface area contributed by atoms with Gasteiger partial charge >= 0.3 is 5.97 Å². The summed E-state index contributed by atoms with van der Waals surface area (Å²) in [6, 6.07) is 0. The predicted molar refractivity (Wildman–Crippen MR) is 45.5 cm³/mol. The van der Waals surface area contributed by atoms with Crippen LogP contribution in [0.5, 0.6) is 0 Å². The monoisotopic (exact) mass is 192 g/mol. The van der Waals surface area contributed by atoms with E-state index < -0.39 is 15.8 Å². The van der Waals surface area contributed by atoms with Crippen LogP contribution in [0.25, 0.3) is 0 Å². The molecule has 0 saturated heterocycles. The molecule has 12 heavy (non-hydrogen) atoms. The van der Waals surface area contributed by atoms with Gasteiger partial charge in [0.15, 0.2) is 9.84 Å². The highest BCUT2D eigenvalue weighted by Crippen LogP contribution is 1.97. The molecule has 0 amide bonds. The van der Waals surface area contributed by atoms with Gasteiger partial charge in [0.05, 0.1) is 0 Å². The van der Waals surface area contributed by atoms with Crippen LogP contribution in [0.2, 0.25) is 0 Å². The zero-order valence-corrected chi connectivity index (χ0v) is 7.67. The zero-order chi connectivity index (χ0) is 9.61. The van der Waals surface area contributed by atoms with Crippen molar-refractivity contribution in [2.24, 2.45) is 0 Å². The Bertz CT molecular complexity index is 263. The van der Waals surface area contributed by atoms with Gasteiger partial charge in [-0.2, -0.15) is 0 Å². The van der Waals surface area contributed by atoms with Gasteiger partial charge in [0.2, 0.25) is 0 Å². The van der Waals surface area contributed by atoms with E-state index in [0.29, 0.717) is 12.8 Å². The fraction of sp³-hybridized carbons (Fsp3) is 0.571. The summed E-state index contributed by atoms with van der Waals surface area (Å²) >= 11 is 0. The van der Waals surface area contributed by atoms with Crippen molar-refractivity contribution in [3.63, 3.8) is 0 Å². The highest BCUT2D eigenvalue weighted by Gasteiger charge is 1.95.